The first-order valence-corrected chi connectivity index (χ1v) is 6.70. The van der Waals surface area contributed by atoms with Gasteiger partial charge in [-0.05, 0) is 25.2 Å². The maximum Gasteiger partial charge on any atom is 0.132 e. The molecule has 0 aromatic heterocycles. The van der Waals surface area contributed by atoms with Gasteiger partial charge in [-0.1, -0.05) is 29.5 Å². The van der Waals surface area contributed by atoms with Crippen LogP contribution < -0.4 is 0 Å². The van der Waals surface area contributed by atoms with Crippen LogP contribution in [0.25, 0.3) is 0 Å². The number of Topliss-reactive ketones (excluding diaryl/α,β-unsaturated/α-hetero) is 1. The predicted octanol–water partition coefficient (Wildman–Crippen LogP) is 2.98. The Morgan fingerprint density at radius 1 is 1.50 bits per heavy atom. The van der Waals surface area contributed by atoms with Gasteiger partial charge in [-0.15, -0.1) is 0 Å². The van der Waals surface area contributed by atoms with Crippen LogP contribution in [0.15, 0.2) is 0 Å². The average Bonchev–Trinajstić information content (AvgIpc) is 2.21. The molecule has 14 heavy (non-hydrogen) atoms. The largest absolute Gasteiger partial charge is 0.380 e. The fourth-order valence-electron chi connectivity index (χ4n) is 1.65. The first-order valence-electron chi connectivity index (χ1n) is 5.46. The van der Waals surface area contributed by atoms with Crippen molar-refractivity contribution in [2.75, 3.05) is 13.2 Å². The summed E-state index contributed by atoms with van der Waals surface area (Å²) in [6.07, 6.45) is 4.79. The van der Waals surface area contributed by atoms with Crippen molar-refractivity contribution in [2.45, 2.75) is 43.0 Å². The van der Waals surface area contributed by atoms with Crippen molar-refractivity contribution in [3.63, 3.8) is 0 Å². The van der Waals surface area contributed by atoms with E-state index in [1.165, 1.54) is 6.42 Å². The van der Waals surface area contributed by atoms with Crippen LogP contribution in [-0.4, -0.2) is 22.9 Å². The SMILES string of the molecule is CCC(I)COCC1CCC(=O)CC1. The number of ketones is 1. The molecule has 1 fully saturated rings. The highest BCUT2D eigenvalue weighted by atomic mass is 127. The molecule has 0 heterocycles. The normalized spacial score (nSPS) is 21.1. The molecule has 0 N–H and O–H groups in total. The quantitative estimate of drug-likeness (QED) is 0.576. The maximum atomic E-state index is 11.0. The van der Waals surface area contributed by atoms with E-state index in [4.69, 9.17) is 4.74 Å². The van der Waals surface area contributed by atoms with E-state index in [-0.39, 0.29) is 0 Å². The van der Waals surface area contributed by atoms with Crippen molar-refractivity contribution in [3.05, 3.63) is 0 Å². The number of alkyl halides is 1. The summed E-state index contributed by atoms with van der Waals surface area (Å²) >= 11 is 2.42. The number of halogens is 1. The molecule has 0 aromatic rings. The molecular weight excluding hydrogens is 291 g/mol. The van der Waals surface area contributed by atoms with Gasteiger partial charge in [-0.2, -0.15) is 0 Å². The smallest absolute Gasteiger partial charge is 0.132 e. The van der Waals surface area contributed by atoms with Crippen LogP contribution >= 0.6 is 22.6 Å². The zero-order chi connectivity index (χ0) is 10.4. The molecule has 0 aromatic carbocycles. The molecule has 0 radical (unpaired) electrons. The fraction of sp³-hybridized carbons (Fsp3) is 0.909. The zero-order valence-corrected chi connectivity index (χ0v) is 11.0. The molecule has 0 amide bonds. The molecule has 1 rings (SSSR count). The van der Waals surface area contributed by atoms with Crippen LogP contribution in [0.1, 0.15) is 39.0 Å². The van der Waals surface area contributed by atoms with Gasteiger partial charge >= 0.3 is 0 Å². The molecule has 0 aliphatic heterocycles. The maximum absolute atomic E-state index is 11.0. The Morgan fingerprint density at radius 2 is 2.14 bits per heavy atom. The first-order chi connectivity index (χ1) is 6.72. The summed E-state index contributed by atoms with van der Waals surface area (Å²) in [5.41, 5.74) is 0. The van der Waals surface area contributed by atoms with E-state index >= 15 is 0 Å². The van der Waals surface area contributed by atoms with Gasteiger partial charge in [0.1, 0.15) is 5.78 Å². The fourth-order valence-corrected chi connectivity index (χ4v) is 1.90. The topological polar surface area (TPSA) is 26.3 Å². The number of rotatable bonds is 5. The molecule has 0 spiro atoms. The van der Waals surface area contributed by atoms with Gasteiger partial charge < -0.3 is 4.74 Å². The Kier molecular flexibility index (Phi) is 6.01. The van der Waals surface area contributed by atoms with Crippen molar-refractivity contribution in [1.29, 1.82) is 0 Å². The lowest BCUT2D eigenvalue weighted by molar-refractivity contribution is -0.121. The molecule has 0 bridgehead atoms. The van der Waals surface area contributed by atoms with Crippen LogP contribution in [0.3, 0.4) is 0 Å². The highest BCUT2D eigenvalue weighted by Gasteiger charge is 2.18. The molecule has 3 heteroatoms. The van der Waals surface area contributed by atoms with Gasteiger partial charge in [0.25, 0.3) is 0 Å². The summed E-state index contributed by atoms with van der Waals surface area (Å²) in [5.74, 6) is 1.06. The van der Waals surface area contributed by atoms with E-state index < -0.39 is 0 Å². The second-order valence-corrected chi connectivity index (χ2v) is 5.79. The molecule has 0 saturated heterocycles. The number of hydrogen-bond acceptors (Lipinski definition) is 2. The molecule has 1 aliphatic rings. The summed E-state index contributed by atoms with van der Waals surface area (Å²) in [5, 5.41) is 0. The van der Waals surface area contributed by atoms with Gasteiger partial charge in [0, 0.05) is 23.4 Å². The molecule has 2 nitrogen and oxygen atoms in total. The van der Waals surface area contributed by atoms with Crippen LogP contribution in [0.2, 0.25) is 0 Å². The summed E-state index contributed by atoms with van der Waals surface area (Å²) in [4.78, 5) is 11.0. The van der Waals surface area contributed by atoms with E-state index in [9.17, 15) is 4.79 Å². The Morgan fingerprint density at radius 3 is 2.71 bits per heavy atom. The Labute approximate surface area is 99.9 Å². The second kappa shape index (κ2) is 6.77. The Hall–Kier alpha value is 0.360. The lowest BCUT2D eigenvalue weighted by Gasteiger charge is -2.21. The predicted molar refractivity (Wildman–Crippen MR) is 65.9 cm³/mol. The van der Waals surface area contributed by atoms with Crippen molar-refractivity contribution >= 4 is 28.4 Å². The van der Waals surface area contributed by atoms with Crippen LogP contribution in [0.5, 0.6) is 0 Å². The number of carbonyl (C=O) groups excluding carboxylic acids is 1. The minimum Gasteiger partial charge on any atom is -0.380 e. The van der Waals surface area contributed by atoms with E-state index in [2.05, 4.69) is 29.5 Å². The van der Waals surface area contributed by atoms with Crippen molar-refractivity contribution in [1.82, 2.24) is 0 Å². The van der Waals surface area contributed by atoms with Crippen LogP contribution in [-0.2, 0) is 9.53 Å². The standard InChI is InChI=1S/C11H19IO2/c1-2-10(12)8-14-7-9-3-5-11(13)6-4-9/h9-10H,2-8H2,1H3. The number of ether oxygens (including phenoxy) is 1. The van der Waals surface area contributed by atoms with Crippen molar-refractivity contribution < 1.29 is 9.53 Å². The van der Waals surface area contributed by atoms with E-state index in [1.54, 1.807) is 0 Å². The van der Waals surface area contributed by atoms with E-state index in [0.29, 0.717) is 15.6 Å². The third-order valence-corrected chi connectivity index (χ3v) is 4.00. The second-order valence-electron chi connectivity index (χ2n) is 4.03. The molecule has 82 valence electrons. The molecule has 1 aliphatic carbocycles. The summed E-state index contributed by atoms with van der Waals surface area (Å²) < 4.78 is 6.28. The Balaban J connectivity index is 2.04. The zero-order valence-electron chi connectivity index (χ0n) is 8.80. The number of carbonyl (C=O) groups is 1. The lowest BCUT2D eigenvalue weighted by Crippen LogP contribution is -2.20. The highest BCUT2D eigenvalue weighted by Crippen LogP contribution is 2.21. The summed E-state index contributed by atoms with van der Waals surface area (Å²) in [6, 6.07) is 0. The average molecular weight is 310 g/mol. The van der Waals surface area contributed by atoms with Gasteiger partial charge in [0.05, 0.1) is 6.61 Å². The van der Waals surface area contributed by atoms with E-state index in [1.807, 2.05) is 0 Å². The highest BCUT2D eigenvalue weighted by molar-refractivity contribution is 14.1. The Bertz CT molecular complexity index is 172. The molecular formula is C11H19IO2. The molecule has 1 unspecified atom stereocenters. The minimum atomic E-state index is 0.432. The van der Waals surface area contributed by atoms with E-state index in [0.717, 1.165) is 38.9 Å². The van der Waals surface area contributed by atoms with Crippen molar-refractivity contribution in [2.24, 2.45) is 5.92 Å². The lowest BCUT2D eigenvalue weighted by atomic mass is 9.89. The first kappa shape index (κ1) is 12.4. The van der Waals surface area contributed by atoms with Crippen molar-refractivity contribution in [3.8, 4) is 0 Å². The monoisotopic (exact) mass is 310 g/mol. The van der Waals surface area contributed by atoms with Crippen LogP contribution in [0, 0.1) is 5.92 Å². The summed E-state index contributed by atoms with van der Waals surface area (Å²) in [6.45, 7) is 3.90. The third kappa shape index (κ3) is 4.73. The molecule has 1 saturated carbocycles. The van der Waals surface area contributed by atoms with Gasteiger partial charge in [0.15, 0.2) is 0 Å². The number of hydrogen-bond donors (Lipinski definition) is 0. The van der Waals surface area contributed by atoms with Gasteiger partial charge in [0.2, 0.25) is 0 Å². The third-order valence-electron chi connectivity index (χ3n) is 2.76. The summed E-state index contributed by atoms with van der Waals surface area (Å²) in [7, 11) is 0. The molecule has 1 atom stereocenters. The minimum absolute atomic E-state index is 0.432. The van der Waals surface area contributed by atoms with Crippen LogP contribution in [0.4, 0.5) is 0 Å². The van der Waals surface area contributed by atoms with Gasteiger partial charge in [-0.3, -0.25) is 4.79 Å². The van der Waals surface area contributed by atoms with Gasteiger partial charge in [-0.25, -0.2) is 0 Å².